The highest BCUT2D eigenvalue weighted by Crippen LogP contribution is 2.35. The van der Waals surface area contributed by atoms with E-state index in [1.54, 1.807) is 0 Å². The Hall–Kier alpha value is -0.990. The molecule has 3 rings (SSSR count). The van der Waals surface area contributed by atoms with Crippen molar-refractivity contribution in [2.24, 2.45) is 0 Å². The minimum absolute atomic E-state index is 0.566. The molecule has 2 saturated carbocycles. The summed E-state index contributed by atoms with van der Waals surface area (Å²) >= 11 is 0. The van der Waals surface area contributed by atoms with Crippen LogP contribution in [0.1, 0.15) is 81.9 Å². The monoisotopic (exact) mass is 247 g/mol. The first kappa shape index (κ1) is 12.1. The first-order valence-corrected chi connectivity index (χ1v) is 7.69. The fourth-order valence-electron chi connectivity index (χ4n) is 3.64. The fraction of sp³-hybridized carbons (Fsp3) is 0.800. The van der Waals surface area contributed by atoms with E-state index in [0.29, 0.717) is 12.0 Å². The van der Waals surface area contributed by atoms with Gasteiger partial charge in [-0.3, -0.25) is 0 Å². The van der Waals surface area contributed by atoms with Gasteiger partial charge in [0.2, 0.25) is 0 Å². The van der Waals surface area contributed by atoms with Crippen LogP contribution in [0.15, 0.2) is 6.07 Å². The van der Waals surface area contributed by atoms with Gasteiger partial charge in [-0.25, -0.2) is 4.68 Å². The van der Waals surface area contributed by atoms with Crippen LogP contribution in [-0.4, -0.2) is 9.78 Å². The van der Waals surface area contributed by atoms with E-state index in [0.717, 1.165) is 5.82 Å². The highest BCUT2D eigenvalue weighted by atomic mass is 15.3. The molecular weight excluding hydrogens is 222 g/mol. The van der Waals surface area contributed by atoms with E-state index < -0.39 is 0 Å². The Labute approximate surface area is 110 Å². The molecule has 18 heavy (non-hydrogen) atoms. The van der Waals surface area contributed by atoms with Gasteiger partial charge in [0.15, 0.2) is 0 Å². The Kier molecular flexibility index (Phi) is 3.57. The maximum absolute atomic E-state index is 6.18. The van der Waals surface area contributed by atoms with Crippen molar-refractivity contribution in [1.82, 2.24) is 9.78 Å². The van der Waals surface area contributed by atoms with Crippen molar-refractivity contribution in [1.29, 1.82) is 0 Å². The minimum atomic E-state index is 0.566. The molecule has 3 heteroatoms. The zero-order valence-electron chi connectivity index (χ0n) is 11.3. The maximum Gasteiger partial charge on any atom is 0.122 e. The van der Waals surface area contributed by atoms with Gasteiger partial charge in [-0.2, -0.15) is 5.10 Å². The predicted molar refractivity (Wildman–Crippen MR) is 74.6 cm³/mol. The largest absolute Gasteiger partial charge is 0.384 e. The van der Waals surface area contributed by atoms with Crippen LogP contribution >= 0.6 is 0 Å². The summed E-state index contributed by atoms with van der Waals surface area (Å²) in [4.78, 5) is 0. The second-order valence-electron chi connectivity index (χ2n) is 6.07. The summed E-state index contributed by atoms with van der Waals surface area (Å²) in [5.74, 6) is 1.56. The molecule has 0 radical (unpaired) electrons. The average molecular weight is 247 g/mol. The zero-order valence-corrected chi connectivity index (χ0v) is 11.3. The molecule has 2 fully saturated rings. The molecular formula is C15H25N3. The van der Waals surface area contributed by atoms with Gasteiger partial charge in [0.05, 0.1) is 11.7 Å². The highest BCUT2D eigenvalue weighted by molar-refractivity contribution is 5.33. The van der Waals surface area contributed by atoms with E-state index in [4.69, 9.17) is 10.8 Å². The molecule has 0 unspecified atom stereocenters. The van der Waals surface area contributed by atoms with Crippen LogP contribution < -0.4 is 5.73 Å². The quantitative estimate of drug-likeness (QED) is 0.857. The fourth-order valence-corrected chi connectivity index (χ4v) is 3.64. The summed E-state index contributed by atoms with van der Waals surface area (Å²) < 4.78 is 2.13. The molecule has 0 spiro atoms. The molecule has 0 aliphatic heterocycles. The lowest BCUT2D eigenvalue weighted by atomic mass is 9.87. The molecule has 0 amide bonds. The van der Waals surface area contributed by atoms with E-state index in [1.165, 1.54) is 69.9 Å². The second kappa shape index (κ2) is 5.33. The van der Waals surface area contributed by atoms with Crippen LogP contribution in [-0.2, 0) is 0 Å². The van der Waals surface area contributed by atoms with Crippen LogP contribution in [0, 0.1) is 0 Å². The van der Waals surface area contributed by atoms with Gasteiger partial charge in [0, 0.05) is 12.0 Å². The Bertz CT molecular complexity index is 384. The first-order valence-electron chi connectivity index (χ1n) is 7.69. The van der Waals surface area contributed by atoms with E-state index >= 15 is 0 Å². The van der Waals surface area contributed by atoms with Gasteiger partial charge in [0.1, 0.15) is 5.82 Å². The summed E-state index contributed by atoms with van der Waals surface area (Å²) in [6.45, 7) is 0. The summed E-state index contributed by atoms with van der Waals surface area (Å²) in [5.41, 5.74) is 7.44. The van der Waals surface area contributed by atoms with E-state index in [1.807, 2.05) is 0 Å². The van der Waals surface area contributed by atoms with Gasteiger partial charge in [-0.15, -0.1) is 0 Å². The van der Waals surface area contributed by atoms with Gasteiger partial charge < -0.3 is 5.73 Å². The lowest BCUT2D eigenvalue weighted by molar-refractivity contribution is 0.328. The molecule has 1 aromatic rings. The number of rotatable bonds is 2. The van der Waals surface area contributed by atoms with Crippen LogP contribution in [0.4, 0.5) is 5.82 Å². The molecule has 100 valence electrons. The Morgan fingerprint density at radius 1 is 0.944 bits per heavy atom. The van der Waals surface area contributed by atoms with Crippen molar-refractivity contribution >= 4 is 5.82 Å². The third-order valence-electron chi connectivity index (χ3n) is 4.73. The highest BCUT2D eigenvalue weighted by Gasteiger charge is 2.23. The number of nitrogens with two attached hydrogens (primary N) is 1. The lowest BCUT2D eigenvalue weighted by Crippen LogP contribution is -2.16. The third kappa shape index (κ3) is 2.40. The number of hydrogen-bond donors (Lipinski definition) is 1. The van der Waals surface area contributed by atoms with Crippen molar-refractivity contribution in [2.75, 3.05) is 5.73 Å². The molecule has 1 heterocycles. The summed E-state index contributed by atoms with van der Waals surface area (Å²) in [5, 5.41) is 4.85. The van der Waals surface area contributed by atoms with Crippen LogP contribution in [0.5, 0.6) is 0 Å². The predicted octanol–water partition coefficient (Wildman–Crippen LogP) is 4.02. The molecule has 0 saturated heterocycles. The van der Waals surface area contributed by atoms with Gasteiger partial charge in [0.25, 0.3) is 0 Å². The first-order chi connectivity index (χ1) is 8.84. The van der Waals surface area contributed by atoms with Crippen molar-refractivity contribution in [2.45, 2.75) is 76.2 Å². The average Bonchev–Trinajstić information content (AvgIpc) is 2.83. The van der Waals surface area contributed by atoms with Crippen LogP contribution in [0.3, 0.4) is 0 Å². The number of nitrogens with zero attached hydrogens (tertiary/aromatic N) is 2. The van der Waals surface area contributed by atoms with Crippen molar-refractivity contribution in [3.63, 3.8) is 0 Å². The number of hydrogen-bond acceptors (Lipinski definition) is 2. The summed E-state index contributed by atoms with van der Waals surface area (Å²) in [7, 11) is 0. The molecule has 0 atom stereocenters. The molecule has 2 aliphatic carbocycles. The van der Waals surface area contributed by atoms with Crippen molar-refractivity contribution in [3.8, 4) is 0 Å². The van der Waals surface area contributed by atoms with Crippen molar-refractivity contribution < 1.29 is 0 Å². The standard InChI is InChI=1S/C15H25N3/c16-15-11-14(12-7-3-1-4-8-12)17-18(15)13-9-5-2-6-10-13/h11-13H,1-10,16H2. The Morgan fingerprint density at radius 2 is 1.56 bits per heavy atom. The lowest BCUT2D eigenvalue weighted by Gasteiger charge is -2.23. The summed E-state index contributed by atoms with van der Waals surface area (Å²) in [6.07, 6.45) is 13.3. The van der Waals surface area contributed by atoms with E-state index in [2.05, 4.69) is 10.7 Å². The van der Waals surface area contributed by atoms with Gasteiger partial charge in [-0.1, -0.05) is 38.5 Å². The number of anilines is 1. The molecule has 2 N–H and O–H groups in total. The SMILES string of the molecule is Nc1cc(C2CCCCC2)nn1C1CCCCC1. The Morgan fingerprint density at radius 3 is 2.22 bits per heavy atom. The molecule has 0 bridgehead atoms. The van der Waals surface area contributed by atoms with Crippen LogP contribution in [0.25, 0.3) is 0 Å². The zero-order chi connectivity index (χ0) is 12.4. The maximum atomic E-state index is 6.18. The minimum Gasteiger partial charge on any atom is -0.384 e. The molecule has 0 aromatic carbocycles. The van der Waals surface area contributed by atoms with Crippen LogP contribution in [0.2, 0.25) is 0 Å². The molecule has 3 nitrogen and oxygen atoms in total. The van der Waals surface area contributed by atoms with Gasteiger partial charge >= 0.3 is 0 Å². The van der Waals surface area contributed by atoms with E-state index in [-0.39, 0.29) is 0 Å². The molecule has 2 aliphatic rings. The topological polar surface area (TPSA) is 43.8 Å². The second-order valence-corrected chi connectivity index (χ2v) is 6.07. The number of aromatic nitrogens is 2. The third-order valence-corrected chi connectivity index (χ3v) is 4.73. The molecule has 1 aromatic heterocycles. The smallest absolute Gasteiger partial charge is 0.122 e. The number of nitrogen functional groups attached to an aromatic ring is 1. The van der Waals surface area contributed by atoms with E-state index in [9.17, 15) is 0 Å². The van der Waals surface area contributed by atoms with Gasteiger partial charge in [-0.05, 0) is 25.7 Å². The summed E-state index contributed by atoms with van der Waals surface area (Å²) in [6, 6.07) is 2.71. The van der Waals surface area contributed by atoms with Crippen molar-refractivity contribution in [3.05, 3.63) is 11.8 Å². The normalized spacial score (nSPS) is 23.3. The Balaban J connectivity index is 1.76.